The maximum atomic E-state index is 4.62. The second-order valence-electron chi connectivity index (χ2n) is 1.76. The Labute approximate surface area is 60.3 Å². The van der Waals surface area contributed by atoms with Gasteiger partial charge in [-0.05, 0) is 18.5 Å². The third-order valence-corrected chi connectivity index (χ3v) is 1.20. The summed E-state index contributed by atoms with van der Waals surface area (Å²) in [4.78, 5) is 0. The van der Waals surface area contributed by atoms with Crippen molar-refractivity contribution in [1.82, 2.24) is 0 Å². The van der Waals surface area contributed by atoms with E-state index in [0.717, 1.165) is 5.56 Å². The van der Waals surface area contributed by atoms with Crippen molar-refractivity contribution >= 4 is 12.9 Å². The van der Waals surface area contributed by atoms with Crippen molar-refractivity contribution in [3.8, 4) is 0 Å². The molecule has 0 spiro atoms. The maximum Gasteiger partial charge on any atom is 0.0861 e. The van der Waals surface area contributed by atoms with E-state index in [4.69, 9.17) is 0 Å². The molecule has 0 aliphatic carbocycles. The summed E-state index contributed by atoms with van der Waals surface area (Å²) in [5.74, 6) is 0. The second kappa shape index (κ2) is 3.54. The summed E-state index contributed by atoms with van der Waals surface area (Å²) in [6, 6.07) is 9.92. The lowest BCUT2D eigenvalue weighted by Crippen LogP contribution is -1.80. The molecule has 0 N–H and O–H groups in total. The highest BCUT2D eigenvalue weighted by molar-refractivity contribution is 7.75. The molecule has 0 aromatic heterocycles. The first kappa shape index (κ1) is 6.65. The van der Waals surface area contributed by atoms with E-state index >= 15 is 0 Å². The van der Waals surface area contributed by atoms with E-state index in [2.05, 4.69) is 17.1 Å². The standard InChI is InChI=1S/C7H8OS/c9-8-6-7-4-2-1-3-5-7/h1-5,9H,6H2. The van der Waals surface area contributed by atoms with Gasteiger partial charge in [0, 0.05) is 0 Å². The maximum absolute atomic E-state index is 4.62. The van der Waals surface area contributed by atoms with E-state index in [1.165, 1.54) is 0 Å². The predicted molar refractivity (Wildman–Crippen MR) is 40.2 cm³/mol. The van der Waals surface area contributed by atoms with Gasteiger partial charge in [-0.1, -0.05) is 30.3 Å². The third kappa shape index (κ3) is 2.08. The molecular weight excluding hydrogens is 132 g/mol. The van der Waals surface area contributed by atoms with Crippen molar-refractivity contribution in [3.05, 3.63) is 35.9 Å². The summed E-state index contributed by atoms with van der Waals surface area (Å²) < 4.78 is 4.62. The molecule has 9 heavy (non-hydrogen) atoms. The van der Waals surface area contributed by atoms with Gasteiger partial charge in [0.1, 0.15) is 0 Å². The Hall–Kier alpha value is -0.470. The van der Waals surface area contributed by atoms with Gasteiger partial charge in [0.15, 0.2) is 0 Å². The molecule has 0 aliphatic heterocycles. The van der Waals surface area contributed by atoms with Gasteiger partial charge in [-0.3, -0.25) is 0 Å². The Balaban J connectivity index is 2.61. The molecule has 0 heterocycles. The van der Waals surface area contributed by atoms with Gasteiger partial charge in [0.25, 0.3) is 0 Å². The van der Waals surface area contributed by atoms with Gasteiger partial charge in [0.2, 0.25) is 0 Å². The van der Waals surface area contributed by atoms with Gasteiger partial charge in [-0.2, -0.15) is 0 Å². The van der Waals surface area contributed by atoms with Crippen LogP contribution >= 0.6 is 12.9 Å². The SMILES string of the molecule is SOCc1ccccc1. The largest absolute Gasteiger partial charge is 0.314 e. The fraction of sp³-hybridized carbons (Fsp3) is 0.143. The Morgan fingerprint density at radius 2 is 1.89 bits per heavy atom. The summed E-state index contributed by atoms with van der Waals surface area (Å²) in [5.41, 5.74) is 1.15. The Morgan fingerprint density at radius 3 is 2.44 bits per heavy atom. The van der Waals surface area contributed by atoms with Crippen LogP contribution in [0.2, 0.25) is 0 Å². The minimum absolute atomic E-state index is 0.573. The van der Waals surface area contributed by atoms with E-state index < -0.39 is 0 Å². The molecule has 0 atom stereocenters. The number of benzene rings is 1. The molecule has 0 unspecified atom stereocenters. The van der Waals surface area contributed by atoms with Gasteiger partial charge < -0.3 is 4.18 Å². The average molecular weight is 140 g/mol. The normalized spacial score (nSPS) is 9.44. The van der Waals surface area contributed by atoms with Gasteiger partial charge in [0.05, 0.1) is 6.61 Å². The zero-order chi connectivity index (χ0) is 6.53. The minimum Gasteiger partial charge on any atom is -0.314 e. The van der Waals surface area contributed by atoms with Crippen molar-refractivity contribution in [2.75, 3.05) is 0 Å². The molecule has 0 bridgehead atoms. The van der Waals surface area contributed by atoms with Crippen LogP contribution in [0.3, 0.4) is 0 Å². The summed E-state index contributed by atoms with van der Waals surface area (Å²) in [5, 5.41) is 0. The van der Waals surface area contributed by atoms with Crippen molar-refractivity contribution in [2.24, 2.45) is 0 Å². The molecule has 1 nitrogen and oxygen atoms in total. The van der Waals surface area contributed by atoms with Crippen molar-refractivity contribution in [1.29, 1.82) is 0 Å². The molecule has 0 saturated heterocycles. The van der Waals surface area contributed by atoms with Crippen LogP contribution in [0.4, 0.5) is 0 Å². The molecule has 1 aromatic rings. The summed E-state index contributed by atoms with van der Waals surface area (Å²) >= 11 is 3.63. The fourth-order valence-electron chi connectivity index (χ4n) is 0.649. The van der Waals surface area contributed by atoms with Crippen LogP contribution in [0, 0.1) is 0 Å². The first-order chi connectivity index (χ1) is 4.43. The quantitative estimate of drug-likeness (QED) is 0.488. The van der Waals surface area contributed by atoms with E-state index in [0.29, 0.717) is 6.61 Å². The van der Waals surface area contributed by atoms with Crippen LogP contribution in [-0.4, -0.2) is 0 Å². The van der Waals surface area contributed by atoms with Crippen molar-refractivity contribution < 1.29 is 4.18 Å². The Kier molecular flexibility index (Phi) is 2.61. The van der Waals surface area contributed by atoms with Crippen LogP contribution in [0.1, 0.15) is 5.56 Å². The third-order valence-electron chi connectivity index (χ3n) is 1.07. The predicted octanol–water partition coefficient (Wildman–Crippen LogP) is 2.05. The highest BCUT2D eigenvalue weighted by atomic mass is 32.1. The molecule has 0 aliphatic rings. The zero-order valence-electron chi connectivity index (χ0n) is 4.95. The molecule has 48 valence electrons. The highest BCUT2D eigenvalue weighted by Crippen LogP contribution is 2.00. The highest BCUT2D eigenvalue weighted by Gasteiger charge is 1.85. The molecule has 1 aromatic carbocycles. The number of hydrogen-bond acceptors (Lipinski definition) is 2. The molecule has 2 heteroatoms. The summed E-state index contributed by atoms with van der Waals surface area (Å²) in [7, 11) is 0. The molecule has 0 radical (unpaired) electrons. The molecule has 0 amide bonds. The molecule has 0 fully saturated rings. The smallest absolute Gasteiger partial charge is 0.0861 e. The first-order valence-electron chi connectivity index (χ1n) is 2.74. The van der Waals surface area contributed by atoms with Crippen LogP contribution < -0.4 is 0 Å². The second-order valence-corrected chi connectivity index (χ2v) is 2.02. The van der Waals surface area contributed by atoms with Crippen LogP contribution in [0.25, 0.3) is 0 Å². The lowest BCUT2D eigenvalue weighted by Gasteiger charge is -1.94. The fourth-order valence-corrected chi connectivity index (χ4v) is 0.798. The van der Waals surface area contributed by atoms with Crippen LogP contribution in [-0.2, 0) is 10.8 Å². The van der Waals surface area contributed by atoms with E-state index in [1.807, 2.05) is 30.3 Å². The van der Waals surface area contributed by atoms with Crippen LogP contribution in [0.5, 0.6) is 0 Å². The Morgan fingerprint density at radius 1 is 1.22 bits per heavy atom. The van der Waals surface area contributed by atoms with Gasteiger partial charge >= 0.3 is 0 Å². The first-order valence-corrected chi connectivity index (χ1v) is 3.10. The zero-order valence-corrected chi connectivity index (χ0v) is 5.84. The summed E-state index contributed by atoms with van der Waals surface area (Å²) in [6.45, 7) is 0.573. The van der Waals surface area contributed by atoms with Crippen molar-refractivity contribution in [3.63, 3.8) is 0 Å². The van der Waals surface area contributed by atoms with E-state index in [1.54, 1.807) is 0 Å². The van der Waals surface area contributed by atoms with Gasteiger partial charge in [-0.15, -0.1) is 0 Å². The lowest BCUT2D eigenvalue weighted by molar-refractivity contribution is 0.372. The number of hydrogen-bond donors (Lipinski definition) is 1. The van der Waals surface area contributed by atoms with E-state index in [-0.39, 0.29) is 0 Å². The lowest BCUT2D eigenvalue weighted by atomic mass is 10.2. The number of rotatable bonds is 2. The number of thiol groups is 1. The average Bonchev–Trinajstić information content (AvgIpc) is 1.91. The topological polar surface area (TPSA) is 9.23 Å². The van der Waals surface area contributed by atoms with Gasteiger partial charge in [-0.25, -0.2) is 0 Å². The van der Waals surface area contributed by atoms with Crippen molar-refractivity contribution in [2.45, 2.75) is 6.61 Å². The molecular formula is C7H8OS. The van der Waals surface area contributed by atoms with Crippen LogP contribution in [0.15, 0.2) is 30.3 Å². The minimum atomic E-state index is 0.573. The monoisotopic (exact) mass is 140 g/mol. The Bertz CT molecular complexity index is 162. The summed E-state index contributed by atoms with van der Waals surface area (Å²) in [6.07, 6.45) is 0. The molecule has 1 rings (SSSR count). The molecule has 0 saturated carbocycles. The van der Waals surface area contributed by atoms with E-state index in [9.17, 15) is 0 Å².